The van der Waals surface area contributed by atoms with Crippen LogP contribution >= 0.6 is 12.4 Å². The fraction of sp³-hybridized carbons (Fsp3) is 0.421. The van der Waals surface area contributed by atoms with Crippen molar-refractivity contribution in [3.8, 4) is 0 Å². The van der Waals surface area contributed by atoms with Crippen LogP contribution in [0.15, 0.2) is 52.2 Å². The predicted octanol–water partition coefficient (Wildman–Crippen LogP) is 0.737. The number of hydrogen-bond acceptors (Lipinski definition) is 4. The monoisotopic (exact) mass is 392 g/mol. The highest BCUT2D eigenvalue weighted by atomic mass is 35.5. The second-order valence-electron chi connectivity index (χ2n) is 6.78. The molecular weight excluding hydrogens is 368 g/mol. The molecule has 2 unspecified atom stereocenters. The first-order chi connectivity index (χ1) is 12.5. The summed E-state index contributed by atoms with van der Waals surface area (Å²) in [6.45, 7) is 3.02. The molecule has 7 nitrogen and oxygen atoms in total. The van der Waals surface area contributed by atoms with E-state index in [0.717, 1.165) is 29.5 Å². The van der Waals surface area contributed by atoms with Crippen LogP contribution in [-0.4, -0.2) is 33.7 Å². The number of aromatic nitrogens is 2. The van der Waals surface area contributed by atoms with Crippen molar-refractivity contribution in [1.29, 1.82) is 0 Å². The lowest BCUT2D eigenvalue weighted by Crippen LogP contribution is -2.49. The van der Waals surface area contributed by atoms with Gasteiger partial charge in [0.1, 0.15) is 6.54 Å². The minimum absolute atomic E-state index is 0. The second-order valence-corrected chi connectivity index (χ2v) is 6.78. The molecule has 1 aromatic heterocycles. The van der Waals surface area contributed by atoms with E-state index in [1.165, 1.54) is 16.8 Å². The van der Waals surface area contributed by atoms with Crippen molar-refractivity contribution in [1.82, 2.24) is 19.8 Å². The van der Waals surface area contributed by atoms with Crippen LogP contribution < -0.4 is 21.9 Å². The minimum atomic E-state index is -0.477. The van der Waals surface area contributed by atoms with Crippen LogP contribution in [0.4, 0.5) is 0 Å². The summed E-state index contributed by atoms with van der Waals surface area (Å²) in [4.78, 5) is 37.0. The zero-order valence-corrected chi connectivity index (χ0v) is 16.1. The Morgan fingerprint density at radius 2 is 1.96 bits per heavy atom. The lowest BCUT2D eigenvalue weighted by molar-refractivity contribution is -0.122. The van der Waals surface area contributed by atoms with Gasteiger partial charge in [0.2, 0.25) is 5.91 Å². The molecule has 1 aliphatic rings. The third kappa shape index (κ3) is 5.55. The van der Waals surface area contributed by atoms with Crippen LogP contribution in [0.3, 0.4) is 0 Å². The minimum Gasteiger partial charge on any atom is -0.352 e. The lowest BCUT2D eigenvalue weighted by Gasteiger charge is -2.28. The van der Waals surface area contributed by atoms with Crippen LogP contribution in [0.2, 0.25) is 0 Å². The molecule has 8 heteroatoms. The van der Waals surface area contributed by atoms with Gasteiger partial charge in [-0.05, 0) is 31.9 Å². The molecule has 0 spiro atoms. The summed E-state index contributed by atoms with van der Waals surface area (Å²) in [6, 6.07) is 11.2. The lowest BCUT2D eigenvalue weighted by atomic mass is 10.0. The normalized spacial score (nSPS) is 19.1. The van der Waals surface area contributed by atoms with Gasteiger partial charge in [0.05, 0.1) is 6.54 Å². The van der Waals surface area contributed by atoms with Gasteiger partial charge in [-0.3, -0.25) is 18.7 Å². The zero-order chi connectivity index (χ0) is 18.5. The zero-order valence-electron chi connectivity index (χ0n) is 15.3. The van der Waals surface area contributed by atoms with Crippen LogP contribution in [-0.2, 0) is 17.9 Å². The molecule has 2 atom stereocenters. The standard InChI is InChI=1S/C19H24N4O3.ClH/c1-14-11-16(7-9-20-14)21-17(24)13-23-18(25)8-10-22(19(23)26)12-15-5-3-2-4-6-15;/h2-6,8,10,14,16,20H,7,9,11-13H2,1H3,(H,21,24);1H. The number of nitrogens with one attached hydrogen (secondary N) is 2. The molecule has 0 aliphatic carbocycles. The molecule has 1 saturated heterocycles. The van der Waals surface area contributed by atoms with E-state index >= 15 is 0 Å². The SMILES string of the molecule is CC1CC(NC(=O)Cn2c(=O)ccn(Cc3ccccc3)c2=O)CCN1.Cl. The van der Waals surface area contributed by atoms with Gasteiger partial charge in [-0.15, -0.1) is 12.4 Å². The highest BCUT2D eigenvalue weighted by Crippen LogP contribution is 2.07. The summed E-state index contributed by atoms with van der Waals surface area (Å²) < 4.78 is 2.43. The highest BCUT2D eigenvalue weighted by Gasteiger charge is 2.20. The van der Waals surface area contributed by atoms with E-state index in [4.69, 9.17) is 0 Å². The van der Waals surface area contributed by atoms with Crippen molar-refractivity contribution in [3.05, 3.63) is 69.0 Å². The number of amides is 1. The molecule has 1 amide bonds. The Kier molecular flexibility index (Phi) is 7.38. The third-order valence-electron chi connectivity index (χ3n) is 4.63. The Balaban J connectivity index is 0.00000261. The number of piperidine rings is 1. The first kappa shape index (κ1) is 20.9. The molecule has 3 rings (SSSR count). The van der Waals surface area contributed by atoms with Crippen LogP contribution in [0.25, 0.3) is 0 Å². The van der Waals surface area contributed by atoms with Crippen LogP contribution in [0, 0.1) is 0 Å². The number of rotatable bonds is 5. The summed E-state index contributed by atoms with van der Waals surface area (Å²) in [6.07, 6.45) is 3.16. The number of benzene rings is 1. The van der Waals surface area contributed by atoms with E-state index < -0.39 is 11.2 Å². The van der Waals surface area contributed by atoms with E-state index in [-0.39, 0.29) is 30.9 Å². The summed E-state index contributed by atoms with van der Waals surface area (Å²) >= 11 is 0. The maximum Gasteiger partial charge on any atom is 0.331 e. The second kappa shape index (κ2) is 9.53. The van der Waals surface area contributed by atoms with Crippen molar-refractivity contribution >= 4 is 18.3 Å². The fourth-order valence-electron chi connectivity index (χ4n) is 3.28. The molecule has 1 aromatic carbocycles. The number of nitrogens with zero attached hydrogens (tertiary/aromatic N) is 2. The molecule has 0 bridgehead atoms. The molecule has 2 N–H and O–H groups in total. The summed E-state index contributed by atoms with van der Waals surface area (Å²) in [5.74, 6) is -0.305. The van der Waals surface area contributed by atoms with Gasteiger partial charge in [-0.25, -0.2) is 4.79 Å². The smallest absolute Gasteiger partial charge is 0.331 e. The number of hydrogen-bond donors (Lipinski definition) is 2. The van der Waals surface area contributed by atoms with E-state index in [1.807, 2.05) is 30.3 Å². The van der Waals surface area contributed by atoms with Gasteiger partial charge in [-0.1, -0.05) is 30.3 Å². The Labute approximate surface area is 163 Å². The number of carbonyl (C=O) groups excluding carboxylic acids is 1. The molecule has 146 valence electrons. The number of halogens is 1. The molecule has 2 aromatic rings. The van der Waals surface area contributed by atoms with E-state index in [1.54, 1.807) is 0 Å². The maximum atomic E-state index is 12.6. The van der Waals surface area contributed by atoms with Crippen molar-refractivity contribution in [3.63, 3.8) is 0 Å². The largest absolute Gasteiger partial charge is 0.352 e. The Morgan fingerprint density at radius 1 is 1.22 bits per heavy atom. The molecule has 1 aliphatic heterocycles. The van der Waals surface area contributed by atoms with Gasteiger partial charge < -0.3 is 10.6 Å². The number of carbonyl (C=O) groups is 1. The first-order valence-electron chi connectivity index (χ1n) is 8.90. The Morgan fingerprint density at radius 3 is 2.67 bits per heavy atom. The molecule has 2 heterocycles. The van der Waals surface area contributed by atoms with Crippen molar-refractivity contribution in [2.45, 2.75) is 44.9 Å². The van der Waals surface area contributed by atoms with Crippen molar-refractivity contribution in [2.24, 2.45) is 0 Å². The van der Waals surface area contributed by atoms with Gasteiger partial charge in [0.15, 0.2) is 0 Å². The Bertz CT molecular complexity index is 879. The Hall–Kier alpha value is -2.38. The van der Waals surface area contributed by atoms with Crippen LogP contribution in [0.1, 0.15) is 25.3 Å². The first-order valence-corrected chi connectivity index (χ1v) is 8.90. The predicted molar refractivity (Wildman–Crippen MR) is 106 cm³/mol. The van der Waals surface area contributed by atoms with E-state index in [2.05, 4.69) is 17.6 Å². The van der Waals surface area contributed by atoms with Gasteiger partial charge in [0.25, 0.3) is 5.56 Å². The van der Waals surface area contributed by atoms with E-state index in [9.17, 15) is 14.4 Å². The van der Waals surface area contributed by atoms with Crippen molar-refractivity contribution < 1.29 is 4.79 Å². The fourth-order valence-corrected chi connectivity index (χ4v) is 3.28. The van der Waals surface area contributed by atoms with Crippen molar-refractivity contribution in [2.75, 3.05) is 6.54 Å². The van der Waals surface area contributed by atoms with Gasteiger partial charge in [0, 0.05) is 24.3 Å². The maximum absolute atomic E-state index is 12.6. The average Bonchev–Trinajstić information content (AvgIpc) is 2.62. The summed E-state index contributed by atoms with van der Waals surface area (Å²) in [5, 5.41) is 6.26. The molecule has 1 fully saturated rings. The molecule has 0 saturated carbocycles. The topological polar surface area (TPSA) is 85.1 Å². The van der Waals surface area contributed by atoms with E-state index in [0.29, 0.717) is 12.6 Å². The highest BCUT2D eigenvalue weighted by molar-refractivity contribution is 5.85. The third-order valence-corrected chi connectivity index (χ3v) is 4.63. The molecule has 27 heavy (non-hydrogen) atoms. The summed E-state index contributed by atoms with van der Waals surface area (Å²) in [5.41, 5.74) is 0.0104. The van der Waals surface area contributed by atoms with Gasteiger partial charge >= 0.3 is 5.69 Å². The van der Waals surface area contributed by atoms with Crippen LogP contribution in [0.5, 0.6) is 0 Å². The quantitative estimate of drug-likeness (QED) is 0.785. The average molecular weight is 393 g/mol. The van der Waals surface area contributed by atoms with Gasteiger partial charge in [-0.2, -0.15) is 0 Å². The summed E-state index contributed by atoms with van der Waals surface area (Å²) in [7, 11) is 0. The molecular formula is C19H25ClN4O3. The molecule has 0 radical (unpaired) electrons.